The molecule has 8 rings (SSSR count). The largest absolute Gasteiger partial charge is 0.289 e. The Morgan fingerprint density at radius 2 is 0.667 bits per heavy atom. The van der Waals surface area contributed by atoms with Gasteiger partial charge in [0, 0.05) is 22.3 Å². The van der Waals surface area contributed by atoms with Crippen molar-refractivity contribution in [2.24, 2.45) is 11.8 Å². The van der Waals surface area contributed by atoms with E-state index >= 15 is 0 Å². The van der Waals surface area contributed by atoms with Crippen LogP contribution in [0.1, 0.15) is 56.8 Å². The zero-order chi connectivity index (χ0) is 46.9. The number of Topliss-reactive ketones (excluding diaryl/α,β-unsaturated/α-hetero) is 3. The number of carbonyl (C=O) groups excluding carboxylic acids is 5. The molecule has 0 heterocycles. The van der Waals surface area contributed by atoms with Crippen molar-refractivity contribution in [2.45, 2.75) is 44.3 Å². The molecule has 0 saturated carbocycles. The molecule has 0 bridgehead atoms. The monoisotopic (exact) mass is 910 g/mol. The van der Waals surface area contributed by atoms with Gasteiger partial charge in [-0.2, -0.15) is 0 Å². The Morgan fingerprint density at radius 3 is 0.970 bits per heavy atom. The first-order valence-corrected chi connectivity index (χ1v) is 24.1. The SMILES string of the molecule is CC1C=CC=CC1(C(=O)C(=O)C(=O)C1(c2ccc(S(=O)(=O)c3ccc(C(=O)c4ccccc4)cc3)cc2)C=CC=CC1C)c1ccc(S(=O)(=O)c2ccc(C(=O)c3ccccc3)cc2)cc1. The molecule has 66 heavy (non-hydrogen) atoms. The highest BCUT2D eigenvalue weighted by atomic mass is 32.2. The smallest absolute Gasteiger partial charge is 0.266 e. The Bertz CT molecular complexity index is 3020. The van der Waals surface area contributed by atoms with Crippen LogP contribution in [0.25, 0.3) is 0 Å². The number of hydrogen-bond donors (Lipinski definition) is 0. The zero-order valence-electron chi connectivity index (χ0n) is 35.8. The molecule has 0 fully saturated rings. The van der Waals surface area contributed by atoms with Crippen LogP contribution in [0.2, 0.25) is 0 Å². The average molecular weight is 911 g/mol. The molecule has 4 unspecified atom stereocenters. The third kappa shape index (κ3) is 7.90. The number of rotatable bonds is 14. The van der Waals surface area contributed by atoms with Crippen LogP contribution in [-0.4, -0.2) is 45.8 Å². The number of hydrogen-bond acceptors (Lipinski definition) is 9. The van der Waals surface area contributed by atoms with Crippen LogP contribution in [0, 0.1) is 11.8 Å². The van der Waals surface area contributed by atoms with Gasteiger partial charge in [0.25, 0.3) is 5.78 Å². The molecule has 0 amide bonds. The van der Waals surface area contributed by atoms with Gasteiger partial charge in [-0.05, 0) is 95.8 Å². The second-order valence-corrected chi connectivity index (χ2v) is 20.2. The molecule has 0 aromatic heterocycles. The van der Waals surface area contributed by atoms with E-state index in [-0.39, 0.29) is 42.3 Å². The number of benzene rings is 6. The van der Waals surface area contributed by atoms with Crippen molar-refractivity contribution < 1.29 is 40.8 Å². The van der Waals surface area contributed by atoms with Gasteiger partial charge in [0.1, 0.15) is 0 Å². The summed E-state index contributed by atoms with van der Waals surface area (Å²) in [7, 11) is -8.18. The van der Waals surface area contributed by atoms with Crippen LogP contribution in [-0.2, 0) is 44.9 Å². The molecule has 9 nitrogen and oxygen atoms in total. The van der Waals surface area contributed by atoms with Gasteiger partial charge < -0.3 is 0 Å². The lowest BCUT2D eigenvalue weighted by molar-refractivity contribution is -0.148. The van der Waals surface area contributed by atoms with E-state index < -0.39 is 59.7 Å². The van der Waals surface area contributed by atoms with Crippen LogP contribution in [0.5, 0.6) is 0 Å². The third-order valence-electron chi connectivity index (χ3n) is 12.6. The van der Waals surface area contributed by atoms with Gasteiger partial charge in [-0.1, -0.05) is 147 Å². The molecule has 2 aliphatic carbocycles. The van der Waals surface area contributed by atoms with E-state index in [1.165, 1.54) is 97.1 Å². The molecule has 6 aromatic rings. The topological polar surface area (TPSA) is 154 Å². The average Bonchev–Trinajstić information content (AvgIpc) is 3.36. The number of sulfone groups is 2. The van der Waals surface area contributed by atoms with E-state index in [0.717, 1.165) is 0 Å². The summed E-state index contributed by atoms with van der Waals surface area (Å²) >= 11 is 0. The molecular weight excluding hydrogens is 869 g/mol. The summed E-state index contributed by atoms with van der Waals surface area (Å²) in [6.45, 7) is 3.46. The minimum Gasteiger partial charge on any atom is -0.289 e. The standard InChI is InChI=1S/C55H42O9S2/c1-37-13-9-11-35-54(37,43-23-31-47(32-24-43)65(61,62)45-27-19-41(20-28-45)49(56)39-15-5-3-6-16-39)52(59)51(58)53(60)55(36-12-10-14-38(55)2)44-25-33-48(34-26-44)66(63,64)46-29-21-42(22-30-46)50(57)40-17-7-4-8-18-40/h3-38H,1-2H3. The lowest BCUT2D eigenvalue weighted by atomic mass is 9.61. The Hall–Kier alpha value is -7.47. The van der Waals surface area contributed by atoms with Crippen LogP contribution in [0.3, 0.4) is 0 Å². The Balaban J connectivity index is 1.06. The van der Waals surface area contributed by atoms with Gasteiger partial charge in [0.05, 0.1) is 30.4 Å². The molecule has 328 valence electrons. The Morgan fingerprint density at radius 1 is 0.379 bits per heavy atom. The molecule has 0 spiro atoms. The molecule has 0 N–H and O–H groups in total. The minimum atomic E-state index is -4.09. The first-order chi connectivity index (χ1) is 31.6. The highest BCUT2D eigenvalue weighted by molar-refractivity contribution is 7.91. The quantitative estimate of drug-likeness (QED) is 0.0591. The summed E-state index contributed by atoms with van der Waals surface area (Å²) in [5.41, 5.74) is -1.24. The minimum absolute atomic E-state index is 0.0502. The van der Waals surface area contributed by atoms with Crippen LogP contribution >= 0.6 is 0 Å². The van der Waals surface area contributed by atoms with Crippen molar-refractivity contribution in [1.82, 2.24) is 0 Å². The van der Waals surface area contributed by atoms with Crippen molar-refractivity contribution in [3.8, 4) is 0 Å². The van der Waals surface area contributed by atoms with Crippen molar-refractivity contribution in [3.63, 3.8) is 0 Å². The van der Waals surface area contributed by atoms with Crippen molar-refractivity contribution >= 4 is 48.6 Å². The van der Waals surface area contributed by atoms with E-state index in [4.69, 9.17) is 0 Å². The molecule has 0 saturated heterocycles. The van der Waals surface area contributed by atoms with E-state index in [9.17, 15) is 40.8 Å². The van der Waals surface area contributed by atoms with Crippen LogP contribution in [0.15, 0.2) is 226 Å². The fraction of sp³-hybridized carbons (Fsp3) is 0.109. The molecule has 11 heteroatoms. The number of carbonyl (C=O) groups is 5. The van der Waals surface area contributed by atoms with Gasteiger partial charge in [-0.3, -0.25) is 24.0 Å². The first kappa shape index (κ1) is 45.1. The Labute approximate surface area is 383 Å². The van der Waals surface area contributed by atoms with Gasteiger partial charge in [-0.25, -0.2) is 16.8 Å². The maximum Gasteiger partial charge on any atom is 0.266 e. The molecule has 4 atom stereocenters. The van der Waals surface area contributed by atoms with Crippen molar-refractivity contribution in [1.29, 1.82) is 0 Å². The highest BCUT2D eigenvalue weighted by Crippen LogP contribution is 2.43. The third-order valence-corrected chi connectivity index (χ3v) is 16.1. The summed E-state index contributed by atoms with van der Waals surface area (Å²) in [5.74, 6) is -5.11. The normalized spacial score (nSPS) is 20.1. The van der Waals surface area contributed by atoms with E-state index in [0.29, 0.717) is 22.3 Å². The molecule has 0 aliphatic heterocycles. The van der Waals surface area contributed by atoms with E-state index in [1.54, 1.807) is 123 Å². The second-order valence-electron chi connectivity index (χ2n) is 16.3. The van der Waals surface area contributed by atoms with Gasteiger partial charge >= 0.3 is 0 Å². The van der Waals surface area contributed by atoms with E-state index in [2.05, 4.69) is 0 Å². The van der Waals surface area contributed by atoms with E-state index in [1.807, 2.05) is 0 Å². The maximum atomic E-state index is 14.8. The van der Waals surface area contributed by atoms with Crippen LogP contribution < -0.4 is 0 Å². The summed E-state index contributed by atoms with van der Waals surface area (Å²) in [4.78, 5) is 69.9. The molecule has 2 aliphatic rings. The number of allylic oxidation sites excluding steroid dienone is 8. The van der Waals surface area contributed by atoms with Gasteiger partial charge in [0.2, 0.25) is 31.2 Å². The molecule has 0 radical (unpaired) electrons. The lowest BCUT2D eigenvalue weighted by Gasteiger charge is -2.38. The lowest BCUT2D eigenvalue weighted by Crippen LogP contribution is -2.52. The number of ketones is 5. The van der Waals surface area contributed by atoms with Crippen LogP contribution in [0.4, 0.5) is 0 Å². The van der Waals surface area contributed by atoms with Gasteiger partial charge in [-0.15, -0.1) is 0 Å². The molecular formula is C55H42O9S2. The van der Waals surface area contributed by atoms with Crippen molar-refractivity contribution in [2.75, 3.05) is 0 Å². The predicted octanol–water partition coefficient (Wildman–Crippen LogP) is 9.22. The van der Waals surface area contributed by atoms with Gasteiger partial charge in [0.15, 0.2) is 11.6 Å². The highest BCUT2D eigenvalue weighted by Gasteiger charge is 2.53. The summed E-state index contributed by atoms with van der Waals surface area (Å²) in [6.07, 6.45) is 13.2. The maximum absolute atomic E-state index is 14.8. The Kier molecular flexibility index (Phi) is 12.2. The zero-order valence-corrected chi connectivity index (χ0v) is 37.4. The van der Waals surface area contributed by atoms with Crippen molar-refractivity contribution in [3.05, 3.63) is 240 Å². The summed E-state index contributed by atoms with van der Waals surface area (Å²) in [6, 6.07) is 39.7. The first-order valence-electron chi connectivity index (χ1n) is 21.1. The predicted molar refractivity (Wildman–Crippen MR) is 250 cm³/mol. The fourth-order valence-electron chi connectivity index (χ4n) is 8.68. The summed E-state index contributed by atoms with van der Waals surface area (Å²) < 4.78 is 55.3. The fourth-order valence-corrected chi connectivity index (χ4v) is 11.2. The second kappa shape index (κ2) is 17.8. The summed E-state index contributed by atoms with van der Waals surface area (Å²) in [5, 5.41) is 0. The molecule has 6 aromatic carbocycles.